The Morgan fingerprint density at radius 2 is 2.05 bits per heavy atom. The second kappa shape index (κ2) is 6.23. The monoisotopic (exact) mass is 267 g/mol. The zero-order chi connectivity index (χ0) is 13.8. The van der Waals surface area contributed by atoms with E-state index < -0.39 is 30.6 Å². The maximum Gasteiger partial charge on any atom is 0.184 e. The van der Waals surface area contributed by atoms with E-state index in [0.717, 1.165) is 5.56 Å². The van der Waals surface area contributed by atoms with Crippen LogP contribution < -0.4 is 5.73 Å². The molecule has 6 heteroatoms. The minimum atomic E-state index is -1.28. The highest BCUT2D eigenvalue weighted by atomic mass is 16.7. The second-order valence-electron chi connectivity index (χ2n) is 4.45. The topological polar surface area (TPSA) is 102 Å². The highest BCUT2D eigenvalue weighted by molar-refractivity contribution is 5.58. The van der Waals surface area contributed by atoms with Crippen molar-refractivity contribution in [3.63, 3.8) is 0 Å². The molecule has 0 saturated carbocycles. The summed E-state index contributed by atoms with van der Waals surface area (Å²) >= 11 is 0. The van der Waals surface area contributed by atoms with Crippen molar-refractivity contribution in [2.45, 2.75) is 30.6 Å². The van der Waals surface area contributed by atoms with E-state index in [2.05, 4.69) is 0 Å². The van der Waals surface area contributed by atoms with Crippen LogP contribution in [-0.4, -0.2) is 47.5 Å². The van der Waals surface area contributed by atoms with Crippen molar-refractivity contribution >= 4 is 6.29 Å². The van der Waals surface area contributed by atoms with Crippen LogP contribution in [0.4, 0.5) is 0 Å². The lowest BCUT2D eigenvalue weighted by Gasteiger charge is -2.37. The van der Waals surface area contributed by atoms with E-state index in [1.807, 2.05) is 30.3 Å². The second-order valence-corrected chi connectivity index (χ2v) is 4.45. The molecule has 1 aromatic rings. The first-order valence-corrected chi connectivity index (χ1v) is 6.02. The molecule has 1 aliphatic rings. The van der Waals surface area contributed by atoms with Gasteiger partial charge in [-0.2, -0.15) is 0 Å². The Balaban J connectivity index is 2.10. The zero-order valence-corrected chi connectivity index (χ0v) is 10.3. The van der Waals surface area contributed by atoms with Crippen molar-refractivity contribution < 1.29 is 24.5 Å². The summed E-state index contributed by atoms with van der Waals surface area (Å²) < 4.78 is 10.9. The number of aldehydes is 1. The Kier molecular flexibility index (Phi) is 4.62. The molecule has 4 N–H and O–H groups in total. The fourth-order valence-corrected chi connectivity index (χ4v) is 1.95. The van der Waals surface area contributed by atoms with Crippen molar-refractivity contribution in [1.29, 1.82) is 0 Å². The lowest BCUT2D eigenvalue weighted by molar-refractivity contribution is -0.276. The minimum absolute atomic E-state index is 0.00681. The van der Waals surface area contributed by atoms with E-state index in [4.69, 9.17) is 15.2 Å². The maximum atomic E-state index is 10.6. The van der Waals surface area contributed by atoms with E-state index in [1.54, 1.807) is 0 Å². The largest absolute Gasteiger partial charge is 0.388 e. The number of nitrogens with two attached hydrogens (primary N) is 1. The number of ether oxygens (including phenoxy) is 2. The van der Waals surface area contributed by atoms with Gasteiger partial charge in [0.1, 0.15) is 24.6 Å². The van der Waals surface area contributed by atoms with Crippen LogP contribution in [0.5, 0.6) is 0 Å². The van der Waals surface area contributed by atoms with Crippen LogP contribution in [0.15, 0.2) is 30.3 Å². The third kappa shape index (κ3) is 3.17. The Hall–Kier alpha value is -1.31. The Labute approximate surface area is 110 Å². The summed E-state index contributed by atoms with van der Waals surface area (Å²) in [5.41, 5.74) is 6.21. The van der Waals surface area contributed by atoms with Gasteiger partial charge in [0, 0.05) is 5.56 Å². The normalized spacial score (nSPS) is 30.6. The van der Waals surface area contributed by atoms with Crippen LogP contribution in [0, 0.1) is 0 Å². The van der Waals surface area contributed by atoms with Crippen LogP contribution in [0.25, 0.3) is 0 Å². The van der Waals surface area contributed by atoms with E-state index in [-0.39, 0.29) is 6.61 Å². The number of aliphatic hydroxyl groups is 2. The standard InChI is InChI=1S/C13H17NO5/c14-9(6-15)11(17)12-10(16)7-18-13(19-12)8-4-2-1-3-5-8/h1-6,9-13,16-17H,7,14H2/t9-,10+,11+,12+,13?/m0/s1. The van der Waals surface area contributed by atoms with Crippen molar-refractivity contribution in [2.24, 2.45) is 5.73 Å². The van der Waals surface area contributed by atoms with Gasteiger partial charge in [0.25, 0.3) is 0 Å². The van der Waals surface area contributed by atoms with E-state index in [1.165, 1.54) is 0 Å². The summed E-state index contributed by atoms with van der Waals surface area (Å²) in [4.78, 5) is 10.6. The molecular formula is C13H17NO5. The molecule has 0 amide bonds. The van der Waals surface area contributed by atoms with E-state index in [9.17, 15) is 15.0 Å². The number of hydrogen-bond acceptors (Lipinski definition) is 6. The average molecular weight is 267 g/mol. The predicted molar refractivity (Wildman–Crippen MR) is 66.1 cm³/mol. The van der Waals surface area contributed by atoms with Gasteiger partial charge >= 0.3 is 0 Å². The molecule has 0 aromatic heterocycles. The van der Waals surface area contributed by atoms with Gasteiger partial charge < -0.3 is 30.2 Å². The molecule has 1 aromatic carbocycles. The molecule has 1 saturated heterocycles. The van der Waals surface area contributed by atoms with Crippen molar-refractivity contribution in [1.82, 2.24) is 0 Å². The highest BCUT2D eigenvalue weighted by Gasteiger charge is 2.38. The Bertz CT molecular complexity index is 413. The minimum Gasteiger partial charge on any atom is -0.388 e. The number of hydrogen-bond donors (Lipinski definition) is 3. The Morgan fingerprint density at radius 1 is 1.37 bits per heavy atom. The summed E-state index contributed by atoms with van der Waals surface area (Å²) in [5.74, 6) is 0. The van der Waals surface area contributed by atoms with Gasteiger partial charge in [-0.05, 0) is 0 Å². The van der Waals surface area contributed by atoms with Gasteiger partial charge in [-0.15, -0.1) is 0 Å². The van der Waals surface area contributed by atoms with E-state index >= 15 is 0 Å². The van der Waals surface area contributed by atoms with Gasteiger partial charge in [-0.25, -0.2) is 0 Å². The molecule has 1 fully saturated rings. The highest BCUT2D eigenvalue weighted by Crippen LogP contribution is 2.28. The van der Waals surface area contributed by atoms with Crippen LogP contribution in [-0.2, 0) is 14.3 Å². The molecule has 0 radical (unpaired) electrons. The van der Waals surface area contributed by atoms with Crippen LogP contribution in [0.1, 0.15) is 11.9 Å². The lowest BCUT2D eigenvalue weighted by Crippen LogP contribution is -2.54. The summed E-state index contributed by atoms with van der Waals surface area (Å²) in [6.45, 7) is 0.00681. The van der Waals surface area contributed by atoms with Crippen molar-refractivity contribution in [3.8, 4) is 0 Å². The number of aliphatic hydroxyl groups excluding tert-OH is 2. The fourth-order valence-electron chi connectivity index (χ4n) is 1.95. The van der Waals surface area contributed by atoms with Gasteiger partial charge in [-0.1, -0.05) is 30.3 Å². The molecule has 0 spiro atoms. The van der Waals surface area contributed by atoms with Gasteiger partial charge in [0.05, 0.1) is 12.6 Å². The number of benzene rings is 1. The molecule has 1 aliphatic heterocycles. The maximum absolute atomic E-state index is 10.6. The first-order chi connectivity index (χ1) is 9.13. The van der Waals surface area contributed by atoms with Crippen molar-refractivity contribution in [2.75, 3.05) is 6.61 Å². The Morgan fingerprint density at radius 3 is 2.68 bits per heavy atom. The summed E-state index contributed by atoms with van der Waals surface area (Å²) in [6, 6.07) is 8.03. The number of carbonyl (C=O) groups is 1. The third-order valence-electron chi connectivity index (χ3n) is 3.04. The first kappa shape index (κ1) is 14.1. The molecule has 2 rings (SSSR count). The SMILES string of the molecule is N[C@@H](C=O)[C@@H](O)[C@@H]1OC(c2ccccc2)OC[C@H]1O. The van der Waals surface area contributed by atoms with E-state index in [0.29, 0.717) is 6.29 Å². The quantitative estimate of drug-likeness (QED) is 0.626. The smallest absolute Gasteiger partial charge is 0.184 e. The molecule has 1 unspecified atom stereocenters. The first-order valence-electron chi connectivity index (χ1n) is 6.02. The average Bonchev–Trinajstić information content (AvgIpc) is 2.47. The molecular weight excluding hydrogens is 250 g/mol. The molecule has 6 nitrogen and oxygen atoms in total. The molecule has 104 valence electrons. The third-order valence-corrected chi connectivity index (χ3v) is 3.04. The lowest BCUT2D eigenvalue weighted by atomic mass is 10.0. The molecule has 1 heterocycles. The number of carbonyl (C=O) groups excluding carboxylic acids is 1. The summed E-state index contributed by atoms with van der Waals surface area (Å²) in [5, 5.41) is 19.6. The molecule has 0 aliphatic carbocycles. The zero-order valence-electron chi connectivity index (χ0n) is 10.3. The van der Waals surface area contributed by atoms with Crippen molar-refractivity contribution in [3.05, 3.63) is 35.9 Å². The van der Waals surface area contributed by atoms with Crippen LogP contribution in [0.2, 0.25) is 0 Å². The number of rotatable bonds is 4. The molecule has 19 heavy (non-hydrogen) atoms. The predicted octanol–water partition coefficient (Wildman–Crippen LogP) is -0.651. The molecule has 5 atom stereocenters. The van der Waals surface area contributed by atoms with Gasteiger partial charge in [0.2, 0.25) is 0 Å². The molecule has 0 bridgehead atoms. The fraction of sp³-hybridized carbons (Fsp3) is 0.462. The summed E-state index contributed by atoms with van der Waals surface area (Å²) in [7, 11) is 0. The van der Waals surface area contributed by atoms with Crippen LogP contribution >= 0.6 is 0 Å². The van der Waals surface area contributed by atoms with Gasteiger partial charge in [-0.3, -0.25) is 0 Å². The van der Waals surface area contributed by atoms with Crippen LogP contribution in [0.3, 0.4) is 0 Å². The van der Waals surface area contributed by atoms with Gasteiger partial charge in [0.15, 0.2) is 6.29 Å². The summed E-state index contributed by atoms with van der Waals surface area (Å²) in [6.07, 6.45) is -3.53.